The first-order chi connectivity index (χ1) is 15.4. The van der Waals surface area contributed by atoms with Gasteiger partial charge >= 0.3 is 0 Å². The van der Waals surface area contributed by atoms with Crippen LogP contribution in [-0.4, -0.2) is 36.3 Å². The Morgan fingerprint density at radius 1 is 1.06 bits per heavy atom. The summed E-state index contributed by atoms with van der Waals surface area (Å²) in [6.07, 6.45) is 4.21. The molecule has 168 valence electrons. The summed E-state index contributed by atoms with van der Waals surface area (Å²) >= 11 is 15.2. The van der Waals surface area contributed by atoms with Gasteiger partial charge in [0.25, 0.3) is 0 Å². The van der Waals surface area contributed by atoms with Gasteiger partial charge in [-0.1, -0.05) is 45.7 Å². The molecule has 1 heterocycles. The molecule has 1 aliphatic carbocycles. The number of nitrogens with one attached hydrogen (secondary N) is 3. The Morgan fingerprint density at radius 2 is 1.78 bits per heavy atom. The molecule has 4 rings (SSSR count). The van der Waals surface area contributed by atoms with Gasteiger partial charge in [0.05, 0.1) is 16.2 Å². The predicted octanol–water partition coefficient (Wildman–Crippen LogP) is 6.43. The van der Waals surface area contributed by atoms with Crippen LogP contribution in [0.2, 0.25) is 5.02 Å². The number of nitrogens with zero attached hydrogens (tertiary/aromatic N) is 2. The second-order valence-corrected chi connectivity index (χ2v) is 10.1. The highest BCUT2D eigenvalue weighted by molar-refractivity contribution is 9.10. The van der Waals surface area contributed by atoms with Crippen LogP contribution in [0.1, 0.15) is 25.7 Å². The lowest BCUT2D eigenvalue weighted by Gasteiger charge is -2.31. The SMILES string of the molecule is CN(C)c1cc(N[C@H]2CC[C@@H](NC(=S)Nc3ccc(Br)cc3Cl)CC2)nc2ccccc12. The highest BCUT2D eigenvalue weighted by atomic mass is 79.9. The molecule has 0 radical (unpaired) electrons. The molecule has 0 amide bonds. The van der Waals surface area contributed by atoms with Gasteiger partial charge in [0.15, 0.2) is 5.11 Å². The Kier molecular flexibility index (Phi) is 7.38. The minimum Gasteiger partial charge on any atom is -0.377 e. The normalized spacial score (nSPS) is 18.2. The molecule has 1 fully saturated rings. The quantitative estimate of drug-likeness (QED) is 0.329. The summed E-state index contributed by atoms with van der Waals surface area (Å²) in [7, 11) is 4.14. The third kappa shape index (κ3) is 5.63. The number of benzene rings is 2. The lowest BCUT2D eigenvalue weighted by Crippen LogP contribution is -2.42. The number of rotatable bonds is 5. The Bertz CT molecular complexity index is 1110. The van der Waals surface area contributed by atoms with E-state index in [1.807, 2.05) is 24.3 Å². The van der Waals surface area contributed by atoms with E-state index in [0.29, 0.717) is 22.2 Å². The maximum atomic E-state index is 6.28. The maximum absolute atomic E-state index is 6.28. The van der Waals surface area contributed by atoms with Crippen LogP contribution in [-0.2, 0) is 0 Å². The summed E-state index contributed by atoms with van der Waals surface area (Å²) in [5.41, 5.74) is 3.00. The van der Waals surface area contributed by atoms with E-state index in [1.54, 1.807) is 0 Å². The molecule has 3 N–H and O–H groups in total. The van der Waals surface area contributed by atoms with Gasteiger partial charge in [-0.2, -0.15) is 0 Å². The fourth-order valence-corrected chi connectivity index (χ4v) is 5.12. The zero-order chi connectivity index (χ0) is 22.7. The van der Waals surface area contributed by atoms with Gasteiger partial charge in [0.2, 0.25) is 0 Å². The predicted molar refractivity (Wildman–Crippen MR) is 144 cm³/mol. The van der Waals surface area contributed by atoms with Crippen molar-refractivity contribution in [3.63, 3.8) is 0 Å². The summed E-state index contributed by atoms with van der Waals surface area (Å²) in [5, 5.41) is 12.7. The van der Waals surface area contributed by atoms with Gasteiger partial charge in [-0.05, 0) is 62.2 Å². The molecule has 1 aliphatic rings. The summed E-state index contributed by atoms with van der Waals surface area (Å²) in [6, 6.07) is 16.9. The maximum Gasteiger partial charge on any atom is 0.171 e. The molecular formula is C24H27BrClN5S. The fraction of sp³-hybridized carbons (Fsp3) is 0.333. The molecule has 1 saturated carbocycles. The molecule has 0 bridgehead atoms. The molecule has 0 unspecified atom stereocenters. The number of halogens is 2. The number of aromatic nitrogens is 1. The topological polar surface area (TPSA) is 52.2 Å². The molecule has 8 heteroatoms. The molecule has 0 spiro atoms. The summed E-state index contributed by atoms with van der Waals surface area (Å²) in [5.74, 6) is 0.936. The summed E-state index contributed by atoms with van der Waals surface area (Å²) in [4.78, 5) is 6.98. The first-order valence-corrected chi connectivity index (χ1v) is 12.3. The van der Waals surface area contributed by atoms with Crippen molar-refractivity contribution in [3.05, 3.63) is 58.0 Å². The van der Waals surface area contributed by atoms with E-state index in [4.69, 9.17) is 28.8 Å². The Hall–Kier alpha value is -2.09. The summed E-state index contributed by atoms with van der Waals surface area (Å²) < 4.78 is 0.941. The van der Waals surface area contributed by atoms with Crippen molar-refractivity contribution in [3.8, 4) is 0 Å². The third-order valence-corrected chi connectivity index (χ3v) is 6.80. The molecule has 32 heavy (non-hydrogen) atoms. The zero-order valence-electron chi connectivity index (χ0n) is 18.2. The largest absolute Gasteiger partial charge is 0.377 e. The van der Waals surface area contributed by atoms with Crippen LogP contribution in [0.25, 0.3) is 10.9 Å². The number of para-hydroxylation sites is 1. The molecule has 1 aromatic heterocycles. The molecule has 3 aromatic rings. The van der Waals surface area contributed by atoms with Crippen LogP contribution < -0.4 is 20.9 Å². The second-order valence-electron chi connectivity index (χ2n) is 8.35. The zero-order valence-corrected chi connectivity index (χ0v) is 21.3. The minimum atomic E-state index is 0.351. The van der Waals surface area contributed by atoms with Gasteiger partial charge in [0, 0.05) is 47.8 Å². The van der Waals surface area contributed by atoms with Crippen molar-refractivity contribution >= 4 is 73.0 Å². The van der Waals surface area contributed by atoms with Crippen molar-refractivity contribution in [2.24, 2.45) is 0 Å². The average molecular weight is 533 g/mol. The Labute approximate surface area is 208 Å². The van der Waals surface area contributed by atoms with Crippen LogP contribution >= 0.6 is 39.7 Å². The van der Waals surface area contributed by atoms with Crippen molar-refractivity contribution in [1.29, 1.82) is 0 Å². The van der Waals surface area contributed by atoms with Crippen molar-refractivity contribution < 1.29 is 0 Å². The number of pyridine rings is 1. The number of anilines is 3. The standard InChI is InChI=1S/C24H27BrClN5S/c1-31(2)22-14-23(29-20-6-4-3-5-18(20)22)27-16-8-10-17(11-9-16)28-24(32)30-21-12-7-15(25)13-19(21)26/h3-7,12-14,16-17H,8-11H2,1-2H3,(H,27,29)(H2,28,30,32)/t16-,17+. The first kappa shape index (κ1) is 23.1. The third-order valence-electron chi connectivity index (χ3n) is 5.77. The number of fused-ring (bicyclic) bond motifs is 1. The summed E-state index contributed by atoms with van der Waals surface area (Å²) in [6.45, 7) is 0. The monoisotopic (exact) mass is 531 g/mol. The van der Waals surface area contributed by atoms with Gasteiger partial charge in [-0.3, -0.25) is 0 Å². The van der Waals surface area contributed by atoms with E-state index < -0.39 is 0 Å². The molecule has 0 atom stereocenters. The lowest BCUT2D eigenvalue weighted by molar-refractivity contribution is 0.388. The van der Waals surface area contributed by atoms with Crippen molar-refractivity contribution in [1.82, 2.24) is 10.3 Å². The lowest BCUT2D eigenvalue weighted by atomic mass is 9.91. The number of thiocarbonyl (C=S) groups is 1. The first-order valence-electron chi connectivity index (χ1n) is 10.8. The number of hydrogen-bond acceptors (Lipinski definition) is 4. The molecule has 0 aliphatic heterocycles. The fourth-order valence-electron chi connectivity index (χ4n) is 4.13. The van der Waals surface area contributed by atoms with Crippen LogP contribution in [0, 0.1) is 0 Å². The van der Waals surface area contributed by atoms with Crippen molar-refractivity contribution in [2.75, 3.05) is 29.6 Å². The van der Waals surface area contributed by atoms with Crippen molar-refractivity contribution in [2.45, 2.75) is 37.8 Å². The van der Waals surface area contributed by atoms with Gasteiger partial charge in [0.1, 0.15) is 5.82 Å². The molecule has 2 aromatic carbocycles. The van der Waals surface area contributed by atoms with Gasteiger partial charge in [-0.25, -0.2) is 4.98 Å². The Balaban J connectivity index is 1.32. The number of hydrogen-bond donors (Lipinski definition) is 3. The average Bonchev–Trinajstić information content (AvgIpc) is 2.76. The van der Waals surface area contributed by atoms with E-state index >= 15 is 0 Å². The Morgan fingerprint density at radius 3 is 2.50 bits per heavy atom. The van der Waals surface area contributed by atoms with Crippen LogP contribution in [0.5, 0.6) is 0 Å². The van der Waals surface area contributed by atoms with E-state index in [0.717, 1.165) is 47.2 Å². The van der Waals surface area contributed by atoms with Gasteiger partial charge < -0.3 is 20.9 Å². The highest BCUT2D eigenvalue weighted by Gasteiger charge is 2.22. The smallest absolute Gasteiger partial charge is 0.171 e. The van der Waals surface area contributed by atoms with Crippen LogP contribution in [0.3, 0.4) is 0 Å². The van der Waals surface area contributed by atoms with E-state index in [-0.39, 0.29) is 0 Å². The van der Waals surface area contributed by atoms with Gasteiger partial charge in [-0.15, -0.1) is 0 Å². The molecule has 0 saturated heterocycles. The second kappa shape index (κ2) is 10.2. The van der Waals surface area contributed by atoms with Crippen LogP contribution in [0.4, 0.5) is 17.2 Å². The minimum absolute atomic E-state index is 0.351. The van der Waals surface area contributed by atoms with E-state index in [9.17, 15) is 0 Å². The highest BCUT2D eigenvalue weighted by Crippen LogP contribution is 2.29. The van der Waals surface area contributed by atoms with E-state index in [2.05, 4.69) is 75.1 Å². The molecule has 5 nitrogen and oxygen atoms in total. The molecular weight excluding hydrogens is 506 g/mol. The van der Waals surface area contributed by atoms with Crippen LogP contribution in [0.15, 0.2) is 53.0 Å². The van der Waals surface area contributed by atoms with E-state index in [1.165, 1.54) is 11.1 Å².